The van der Waals surface area contributed by atoms with Gasteiger partial charge in [-0.3, -0.25) is 4.79 Å². The maximum Gasteiger partial charge on any atom is 0.254 e. The average molecular weight is 400 g/mol. The molecule has 1 aromatic heterocycles. The van der Waals surface area contributed by atoms with E-state index in [1.165, 1.54) is 0 Å². The molecule has 2 unspecified atom stereocenters. The van der Waals surface area contributed by atoms with Crippen molar-refractivity contribution in [1.29, 1.82) is 0 Å². The third kappa shape index (κ3) is 4.56. The highest BCUT2D eigenvalue weighted by Gasteiger charge is 2.21. The summed E-state index contributed by atoms with van der Waals surface area (Å²) >= 11 is 3.41. The summed E-state index contributed by atoms with van der Waals surface area (Å²) in [5.74, 6) is -0.0533. The van der Waals surface area contributed by atoms with E-state index in [-0.39, 0.29) is 24.4 Å². The number of rotatable bonds is 3. The van der Waals surface area contributed by atoms with Crippen molar-refractivity contribution in [3.8, 4) is 5.69 Å². The smallest absolute Gasteiger partial charge is 0.254 e. The van der Waals surface area contributed by atoms with Crippen LogP contribution in [0.2, 0.25) is 0 Å². The van der Waals surface area contributed by atoms with Gasteiger partial charge in [0.05, 0.1) is 17.4 Å². The molecule has 1 aromatic carbocycles. The number of piperidine rings is 1. The van der Waals surface area contributed by atoms with E-state index in [1.807, 2.05) is 24.3 Å². The Labute approximate surface area is 150 Å². The van der Waals surface area contributed by atoms with Gasteiger partial charge >= 0.3 is 0 Å². The summed E-state index contributed by atoms with van der Waals surface area (Å²) in [7, 11) is 0. The third-order valence-electron chi connectivity index (χ3n) is 3.89. The lowest BCUT2D eigenvalue weighted by Gasteiger charge is -2.28. The zero-order valence-corrected chi connectivity index (χ0v) is 15.2. The van der Waals surface area contributed by atoms with Gasteiger partial charge in [-0.1, -0.05) is 15.9 Å². The second kappa shape index (κ2) is 7.95. The number of halogens is 2. The molecule has 5 nitrogen and oxygen atoms in total. The van der Waals surface area contributed by atoms with Crippen LogP contribution in [-0.2, 0) is 0 Å². The summed E-state index contributed by atoms with van der Waals surface area (Å²) < 4.78 is 2.73. The molecule has 1 aliphatic heterocycles. The Morgan fingerprint density at radius 3 is 2.83 bits per heavy atom. The van der Waals surface area contributed by atoms with Gasteiger partial charge in [-0.05, 0) is 50.6 Å². The van der Waals surface area contributed by atoms with Crippen LogP contribution < -0.4 is 10.6 Å². The standard InChI is InChI=1S/C16H19BrN4O.ClH/c1-11-8-14(6-7-18-11)20-16(22)12-9-19-21(10-12)15-4-2-13(17)3-5-15;/h2-5,9-11,14,18H,6-8H2,1H3,(H,20,22);1H. The van der Waals surface area contributed by atoms with Gasteiger partial charge in [-0.25, -0.2) is 4.68 Å². The number of carbonyl (C=O) groups excluding carboxylic acids is 1. The van der Waals surface area contributed by atoms with E-state index in [0.29, 0.717) is 11.6 Å². The summed E-state index contributed by atoms with van der Waals surface area (Å²) in [5.41, 5.74) is 1.52. The van der Waals surface area contributed by atoms with Crippen LogP contribution in [0.4, 0.5) is 0 Å². The van der Waals surface area contributed by atoms with Gasteiger partial charge < -0.3 is 10.6 Å². The van der Waals surface area contributed by atoms with Crippen LogP contribution in [0.25, 0.3) is 5.69 Å². The second-order valence-corrected chi connectivity index (χ2v) is 6.62. The molecule has 23 heavy (non-hydrogen) atoms. The highest BCUT2D eigenvalue weighted by molar-refractivity contribution is 9.10. The Morgan fingerprint density at radius 1 is 1.39 bits per heavy atom. The summed E-state index contributed by atoms with van der Waals surface area (Å²) in [5, 5.41) is 10.8. The van der Waals surface area contributed by atoms with Crippen molar-refractivity contribution in [1.82, 2.24) is 20.4 Å². The van der Waals surface area contributed by atoms with Crippen LogP contribution in [0.5, 0.6) is 0 Å². The van der Waals surface area contributed by atoms with Crippen molar-refractivity contribution in [3.05, 3.63) is 46.7 Å². The molecule has 2 aromatic rings. The summed E-state index contributed by atoms with van der Waals surface area (Å²) in [6.45, 7) is 3.09. The van der Waals surface area contributed by atoms with E-state index in [4.69, 9.17) is 0 Å². The molecule has 2 N–H and O–H groups in total. The quantitative estimate of drug-likeness (QED) is 0.834. The van der Waals surface area contributed by atoms with Crippen molar-refractivity contribution < 1.29 is 4.79 Å². The maximum absolute atomic E-state index is 12.3. The molecule has 0 bridgehead atoms. The number of hydrogen-bond donors (Lipinski definition) is 2. The van der Waals surface area contributed by atoms with Crippen LogP contribution in [0.15, 0.2) is 41.1 Å². The molecular weight excluding hydrogens is 380 g/mol. The van der Waals surface area contributed by atoms with E-state index in [9.17, 15) is 4.79 Å². The normalized spacial score (nSPS) is 20.6. The number of hydrogen-bond acceptors (Lipinski definition) is 3. The SMILES string of the molecule is CC1CC(NC(=O)c2cnn(-c3ccc(Br)cc3)c2)CCN1.Cl. The number of aromatic nitrogens is 2. The minimum Gasteiger partial charge on any atom is -0.349 e. The summed E-state index contributed by atoms with van der Waals surface area (Å²) in [4.78, 5) is 12.3. The molecule has 7 heteroatoms. The van der Waals surface area contributed by atoms with Gasteiger partial charge in [0.15, 0.2) is 0 Å². The first-order chi connectivity index (χ1) is 10.6. The van der Waals surface area contributed by atoms with E-state index in [1.54, 1.807) is 17.1 Å². The number of nitrogens with zero attached hydrogens (tertiary/aromatic N) is 2. The van der Waals surface area contributed by atoms with E-state index in [2.05, 4.69) is 38.6 Å². The van der Waals surface area contributed by atoms with Crippen molar-refractivity contribution in [2.45, 2.75) is 31.8 Å². The predicted molar refractivity (Wildman–Crippen MR) is 96.5 cm³/mol. The lowest BCUT2D eigenvalue weighted by Crippen LogP contribution is -2.46. The van der Waals surface area contributed by atoms with Crippen molar-refractivity contribution >= 4 is 34.2 Å². The first-order valence-electron chi connectivity index (χ1n) is 7.46. The monoisotopic (exact) mass is 398 g/mol. The molecule has 1 amide bonds. The molecule has 0 saturated carbocycles. The van der Waals surface area contributed by atoms with Crippen LogP contribution in [0.1, 0.15) is 30.1 Å². The Hall–Kier alpha value is -1.37. The number of benzene rings is 1. The number of nitrogens with one attached hydrogen (secondary N) is 2. The Kier molecular flexibility index (Phi) is 6.21. The number of carbonyl (C=O) groups is 1. The molecule has 1 saturated heterocycles. The van der Waals surface area contributed by atoms with Crippen molar-refractivity contribution in [3.63, 3.8) is 0 Å². The lowest BCUT2D eigenvalue weighted by atomic mass is 10.0. The molecule has 2 heterocycles. The Balaban J connectivity index is 0.00000192. The molecular formula is C16H20BrClN4O. The predicted octanol–water partition coefficient (Wildman–Crippen LogP) is 2.93. The molecule has 0 radical (unpaired) electrons. The zero-order valence-electron chi connectivity index (χ0n) is 12.8. The van der Waals surface area contributed by atoms with E-state index < -0.39 is 0 Å². The van der Waals surface area contributed by atoms with Crippen molar-refractivity contribution in [2.24, 2.45) is 0 Å². The van der Waals surface area contributed by atoms with Crippen LogP contribution >= 0.6 is 28.3 Å². The molecule has 3 rings (SSSR count). The third-order valence-corrected chi connectivity index (χ3v) is 4.42. The van der Waals surface area contributed by atoms with Crippen molar-refractivity contribution in [2.75, 3.05) is 6.54 Å². The minimum absolute atomic E-state index is 0. The van der Waals surface area contributed by atoms with Gasteiger partial charge in [0.1, 0.15) is 0 Å². The molecule has 0 aliphatic carbocycles. The molecule has 2 atom stereocenters. The fraction of sp³-hybridized carbons (Fsp3) is 0.375. The zero-order chi connectivity index (χ0) is 15.5. The van der Waals surface area contributed by atoms with E-state index in [0.717, 1.165) is 29.5 Å². The van der Waals surface area contributed by atoms with Crippen LogP contribution in [0.3, 0.4) is 0 Å². The number of amides is 1. The first kappa shape index (κ1) is 18.0. The van der Waals surface area contributed by atoms with Gasteiger partial charge in [0.2, 0.25) is 0 Å². The lowest BCUT2D eigenvalue weighted by molar-refractivity contribution is 0.0925. The fourth-order valence-electron chi connectivity index (χ4n) is 2.71. The van der Waals surface area contributed by atoms with Crippen LogP contribution in [0, 0.1) is 0 Å². The summed E-state index contributed by atoms with van der Waals surface area (Å²) in [6.07, 6.45) is 5.31. The molecule has 1 fully saturated rings. The Bertz CT molecular complexity index is 658. The fourth-order valence-corrected chi connectivity index (χ4v) is 2.97. The van der Waals surface area contributed by atoms with Gasteiger partial charge in [-0.15, -0.1) is 12.4 Å². The molecule has 0 spiro atoms. The Morgan fingerprint density at radius 2 is 2.13 bits per heavy atom. The highest BCUT2D eigenvalue weighted by Crippen LogP contribution is 2.14. The second-order valence-electron chi connectivity index (χ2n) is 5.70. The highest BCUT2D eigenvalue weighted by atomic mass is 79.9. The van der Waals surface area contributed by atoms with Crippen LogP contribution in [-0.4, -0.2) is 34.3 Å². The average Bonchev–Trinajstić information content (AvgIpc) is 2.98. The molecule has 1 aliphatic rings. The first-order valence-corrected chi connectivity index (χ1v) is 8.26. The minimum atomic E-state index is -0.0533. The van der Waals surface area contributed by atoms with E-state index >= 15 is 0 Å². The van der Waals surface area contributed by atoms with Gasteiger partial charge in [-0.2, -0.15) is 5.10 Å². The van der Waals surface area contributed by atoms with Gasteiger partial charge in [0.25, 0.3) is 5.91 Å². The maximum atomic E-state index is 12.3. The van der Waals surface area contributed by atoms with Gasteiger partial charge in [0, 0.05) is 22.8 Å². The summed E-state index contributed by atoms with van der Waals surface area (Å²) in [6, 6.07) is 8.49. The molecule has 124 valence electrons. The largest absolute Gasteiger partial charge is 0.349 e. The topological polar surface area (TPSA) is 59.0 Å².